The molecule has 0 spiro atoms. The highest BCUT2D eigenvalue weighted by molar-refractivity contribution is 5.64. The van der Waals surface area contributed by atoms with Crippen molar-refractivity contribution in [3.8, 4) is 5.75 Å². The molecule has 0 aromatic heterocycles. The molecule has 0 saturated carbocycles. The number of phenols is 1. The Labute approximate surface area is 218 Å². The van der Waals surface area contributed by atoms with Crippen molar-refractivity contribution in [2.24, 2.45) is 10.2 Å². The van der Waals surface area contributed by atoms with Crippen LogP contribution in [0, 0.1) is 0 Å². The summed E-state index contributed by atoms with van der Waals surface area (Å²) in [5.41, 5.74) is 3.38. The zero-order valence-electron chi connectivity index (χ0n) is 21.9. The molecule has 0 fully saturated rings. The van der Waals surface area contributed by atoms with Crippen molar-refractivity contribution in [1.82, 2.24) is 4.86 Å². The quantitative estimate of drug-likeness (QED) is 0.297. The minimum absolute atomic E-state index is 0.00581. The predicted molar refractivity (Wildman–Crippen MR) is 147 cm³/mol. The van der Waals surface area contributed by atoms with E-state index in [9.17, 15) is 10.3 Å². The maximum Gasteiger partial charge on any atom is 0.265 e. The molecule has 0 radical (unpaired) electrons. The van der Waals surface area contributed by atoms with Gasteiger partial charge in [-0.3, -0.25) is 0 Å². The zero-order chi connectivity index (χ0) is 26.3. The van der Waals surface area contributed by atoms with Crippen LogP contribution in [0.5, 0.6) is 5.75 Å². The molecule has 5 nitrogen and oxygen atoms in total. The van der Waals surface area contributed by atoms with Gasteiger partial charge in [-0.15, -0.1) is 0 Å². The van der Waals surface area contributed by atoms with Crippen LogP contribution in [0.15, 0.2) is 107 Å². The molecular formula is C32H34N3O2+. The van der Waals surface area contributed by atoms with E-state index in [1.165, 1.54) is 5.56 Å². The first kappa shape index (κ1) is 24.9. The molecule has 4 aromatic rings. The molecular weight excluding hydrogens is 458 g/mol. The number of rotatable bonds is 7. The lowest BCUT2D eigenvalue weighted by Crippen LogP contribution is -2.35. The van der Waals surface area contributed by atoms with Gasteiger partial charge in [0.05, 0.1) is 4.86 Å². The van der Waals surface area contributed by atoms with Gasteiger partial charge in [0.25, 0.3) is 5.69 Å². The van der Waals surface area contributed by atoms with Gasteiger partial charge in [-0.1, -0.05) is 100 Å². The van der Waals surface area contributed by atoms with E-state index in [1.54, 1.807) is 0 Å². The van der Waals surface area contributed by atoms with Crippen LogP contribution in [-0.4, -0.2) is 10.3 Å². The number of fused-ring (bicyclic) bond motifs is 1. The Morgan fingerprint density at radius 1 is 0.649 bits per heavy atom. The number of hydrogen-bond acceptors (Lipinski definition) is 4. The van der Waals surface area contributed by atoms with E-state index in [-0.39, 0.29) is 16.9 Å². The Morgan fingerprint density at radius 2 is 1.11 bits per heavy atom. The largest absolute Gasteiger partial charge is 0.502 e. The molecule has 5 rings (SSSR count). The molecule has 0 saturated heterocycles. The predicted octanol–water partition coefficient (Wildman–Crippen LogP) is 6.30. The van der Waals surface area contributed by atoms with E-state index < -0.39 is 10.3 Å². The summed E-state index contributed by atoms with van der Waals surface area (Å²) in [7, 11) is 0. The average molecular weight is 493 g/mol. The molecule has 0 bridgehead atoms. The van der Waals surface area contributed by atoms with Crippen molar-refractivity contribution >= 4 is 5.69 Å². The first-order valence-corrected chi connectivity index (χ1v) is 12.9. The smallest absolute Gasteiger partial charge is 0.265 e. The Bertz CT molecular complexity index is 1520. The molecule has 37 heavy (non-hydrogen) atoms. The van der Waals surface area contributed by atoms with Crippen LogP contribution in [0.3, 0.4) is 0 Å². The van der Waals surface area contributed by atoms with Crippen LogP contribution in [0.1, 0.15) is 62.8 Å². The summed E-state index contributed by atoms with van der Waals surface area (Å²) in [6, 6.07) is 32.0. The Balaban J connectivity index is 1.83. The third-order valence-electron chi connectivity index (χ3n) is 8.26. The maximum absolute atomic E-state index is 11.9. The first-order valence-electron chi connectivity index (χ1n) is 12.9. The summed E-state index contributed by atoms with van der Waals surface area (Å²) in [6.07, 6.45) is 1.58. The highest BCUT2D eigenvalue weighted by Crippen LogP contribution is 2.49. The van der Waals surface area contributed by atoms with Gasteiger partial charge >= 0.3 is 0 Å². The molecule has 2 atom stereocenters. The molecule has 0 amide bonds. The fraction of sp³-hybridized carbons (Fsp3) is 0.250. The third kappa shape index (κ3) is 4.05. The summed E-state index contributed by atoms with van der Waals surface area (Å²) in [4.78, 5) is -1.07. The number of hydrogen-bond donors (Lipinski definition) is 2. The molecule has 5 heteroatoms. The SMILES string of the molecule is CCC(C)(c1ccccc1)c1cc(C(C)(CC)c2ccccc2)c(O)c([N+]2(O)N=c3ccccc3=N2)c1. The van der Waals surface area contributed by atoms with Gasteiger partial charge in [-0.25, -0.2) is 0 Å². The topological polar surface area (TPSA) is 65.2 Å². The van der Waals surface area contributed by atoms with Crippen LogP contribution in [0.2, 0.25) is 0 Å². The van der Waals surface area contributed by atoms with Crippen LogP contribution >= 0.6 is 0 Å². The fourth-order valence-corrected chi connectivity index (χ4v) is 5.39. The number of phenolic OH excluding ortho intramolecular Hbond substituents is 1. The summed E-state index contributed by atoms with van der Waals surface area (Å²) in [6.45, 7) is 8.65. The molecule has 188 valence electrons. The van der Waals surface area contributed by atoms with Crippen LogP contribution in [0.25, 0.3) is 0 Å². The minimum atomic E-state index is -1.07. The summed E-state index contributed by atoms with van der Waals surface area (Å²) in [5, 5.41) is 33.8. The standard InChI is InChI=1S/C32H33N3O2/c1-5-31(3,23-15-9-7-10-16-23)25-21-26(32(4,6-2)24-17-11-8-12-18-24)30(36)29(22-25)35(37)33-27-19-13-14-20-28(27)34-35/h7-22,37H,5-6H2,1-4H3/p+1. The monoisotopic (exact) mass is 492 g/mol. The summed E-state index contributed by atoms with van der Waals surface area (Å²) < 4.78 is 0. The molecule has 1 aliphatic rings. The van der Waals surface area contributed by atoms with E-state index in [4.69, 9.17) is 0 Å². The number of benzene rings is 4. The zero-order valence-corrected chi connectivity index (χ0v) is 21.9. The second-order valence-corrected chi connectivity index (χ2v) is 10.3. The third-order valence-corrected chi connectivity index (χ3v) is 8.26. The van der Waals surface area contributed by atoms with Crippen LogP contribution in [-0.2, 0) is 10.8 Å². The number of aromatic hydroxyl groups is 1. The second-order valence-electron chi connectivity index (χ2n) is 10.3. The number of quaternary nitrogens is 1. The van der Waals surface area contributed by atoms with Gasteiger partial charge in [0, 0.05) is 22.5 Å². The second kappa shape index (κ2) is 9.25. The van der Waals surface area contributed by atoms with E-state index in [0.29, 0.717) is 10.7 Å². The lowest BCUT2D eigenvalue weighted by molar-refractivity contribution is -0.0810. The molecule has 0 aliphatic carbocycles. The Morgan fingerprint density at radius 3 is 1.59 bits per heavy atom. The summed E-state index contributed by atoms with van der Waals surface area (Å²) >= 11 is 0. The Kier molecular flexibility index (Phi) is 6.22. The summed E-state index contributed by atoms with van der Waals surface area (Å²) in [5.74, 6) is 0.00581. The van der Waals surface area contributed by atoms with Gasteiger partial charge in [0.15, 0.2) is 16.5 Å². The van der Waals surface area contributed by atoms with E-state index in [2.05, 4.69) is 68.2 Å². The van der Waals surface area contributed by atoms with Gasteiger partial charge in [-0.2, -0.15) is 5.21 Å². The lowest BCUT2D eigenvalue weighted by Gasteiger charge is -2.35. The molecule has 2 unspecified atom stereocenters. The van der Waals surface area contributed by atoms with Crippen molar-refractivity contribution in [3.63, 3.8) is 0 Å². The van der Waals surface area contributed by atoms with E-state index in [1.807, 2.05) is 66.7 Å². The van der Waals surface area contributed by atoms with Crippen LogP contribution < -0.4 is 15.6 Å². The van der Waals surface area contributed by atoms with E-state index in [0.717, 1.165) is 29.5 Å². The van der Waals surface area contributed by atoms with Gasteiger partial charge in [0.1, 0.15) is 0 Å². The van der Waals surface area contributed by atoms with Gasteiger partial charge < -0.3 is 5.11 Å². The van der Waals surface area contributed by atoms with Gasteiger partial charge in [0.2, 0.25) is 0 Å². The highest BCUT2D eigenvalue weighted by atomic mass is 16.6. The highest BCUT2D eigenvalue weighted by Gasteiger charge is 2.43. The maximum atomic E-state index is 11.9. The molecule has 4 aromatic carbocycles. The molecule has 2 N–H and O–H groups in total. The van der Waals surface area contributed by atoms with Crippen molar-refractivity contribution in [1.29, 1.82) is 0 Å². The minimum Gasteiger partial charge on any atom is -0.502 e. The van der Waals surface area contributed by atoms with E-state index >= 15 is 0 Å². The average Bonchev–Trinajstić information content (AvgIpc) is 3.30. The molecule has 1 heterocycles. The normalized spacial score (nSPS) is 17.1. The number of nitrogens with zero attached hydrogens (tertiary/aromatic N) is 3. The van der Waals surface area contributed by atoms with Crippen molar-refractivity contribution in [3.05, 3.63) is 130 Å². The molecule has 1 aliphatic heterocycles. The first-order chi connectivity index (χ1) is 17.7. The van der Waals surface area contributed by atoms with Gasteiger partial charge in [-0.05, 0) is 57.9 Å². The fourth-order valence-electron chi connectivity index (χ4n) is 5.39. The van der Waals surface area contributed by atoms with Crippen molar-refractivity contribution in [2.45, 2.75) is 51.4 Å². The van der Waals surface area contributed by atoms with Crippen LogP contribution in [0.4, 0.5) is 5.69 Å². The lowest BCUT2D eigenvalue weighted by atomic mass is 9.69. The van der Waals surface area contributed by atoms with Crippen molar-refractivity contribution < 1.29 is 10.3 Å². The Hall–Kier alpha value is -3.80. The van der Waals surface area contributed by atoms with Crippen molar-refractivity contribution in [2.75, 3.05) is 0 Å².